The molecule has 4 aromatic rings. The van der Waals surface area contributed by atoms with Gasteiger partial charge < -0.3 is 10.6 Å². The number of amides is 2. The third-order valence-electron chi connectivity index (χ3n) is 5.96. The van der Waals surface area contributed by atoms with Crippen molar-refractivity contribution in [3.05, 3.63) is 119 Å². The second-order valence-electron chi connectivity index (χ2n) is 8.95. The van der Waals surface area contributed by atoms with E-state index < -0.39 is 15.9 Å². The predicted molar refractivity (Wildman–Crippen MR) is 148 cm³/mol. The Hall–Kier alpha value is -4.50. The number of carbonyl (C=O) groups excluding carboxylic acids is 2. The van der Waals surface area contributed by atoms with E-state index >= 15 is 0 Å². The number of aromatic nitrogens is 1. The van der Waals surface area contributed by atoms with Crippen LogP contribution in [0, 0.1) is 20.8 Å². The number of para-hydroxylation sites is 1. The first kappa shape index (κ1) is 26.6. The van der Waals surface area contributed by atoms with Crippen LogP contribution in [0.25, 0.3) is 0 Å². The first-order valence-electron chi connectivity index (χ1n) is 11.9. The highest BCUT2D eigenvalue weighted by Gasteiger charge is 2.21. The summed E-state index contributed by atoms with van der Waals surface area (Å²) in [5.41, 5.74) is 4.34. The minimum atomic E-state index is -3.96. The number of rotatable bonds is 8. The Bertz CT molecular complexity index is 1600. The van der Waals surface area contributed by atoms with Gasteiger partial charge in [0.05, 0.1) is 21.8 Å². The molecule has 0 radical (unpaired) electrons. The molecule has 0 aliphatic rings. The molecule has 0 aliphatic carbocycles. The number of sulfonamides is 1. The number of carbonyl (C=O) groups is 2. The minimum absolute atomic E-state index is 0.00683. The maximum Gasteiger partial charge on any atom is 0.262 e. The summed E-state index contributed by atoms with van der Waals surface area (Å²) in [7, 11) is -3.96. The number of anilines is 2. The zero-order valence-electron chi connectivity index (χ0n) is 21.3. The fraction of sp³-hybridized carbons (Fsp3) is 0.138. The molecule has 9 heteroatoms. The Kier molecular flexibility index (Phi) is 7.87. The van der Waals surface area contributed by atoms with Crippen LogP contribution in [0.3, 0.4) is 0 Å². The van der Waals surface area contributed by atoms with Gasteiger partial charge in [0.1, 0.15) is 0 Å². The highest BCUT2D eigenvalue weighted by molar-refractivity contribution is 7.92. The zero-order chi connectivity index (χ0) is 27.3. The highest BCUT2D eigenvalue weighted by atomic mass is 32.2. The first-order valence-corrected chi connectivity index (χ1v) is 13.4. The molecular formula is C29H28N4O4S. The molecule has 0 bridgehead atoms. The largest absolute Gasteiger partial charge is 0.348 e. The Morgan fingerprint density at radius 3 is 2.34 bits per heavy atom. The van der Waals surface area contributed by atoms with Crippen LogP contribution in [0.4, 0.5) is 11.4 Å². The quantitative estimate of drug-likeness (QED) is 0.298. The van der Waals surface area contributed by atoms with Gasteiger partial charge in [0.25, 0.3) is 21.8 Å². The lowest BCUT2D eigenvalue weighted by molar-refractivity contribution is 0.0951. The lowest BCUT2D eigenvalue weighted by atomic mass is 10.1. The monoisotopic (exact) mass is 528 g/mol. The lowest BCUT2D eigenvalue weighted by Gasteiger charge is -2.15. The Morgan fingerprint density at radius 1 is 0.816 bits per heavy atom. The minimum Gasteiger partial charge on any atom is -0.348 e. The van der Waals surface area contributed by atoms with Gasteiger partial charge in [0.2, 0.25) is 0 Å². The van der Waals surface area contributed by atoms with Gasteiger partial charge in [-0.25, -0.2) is 8.42 Å². The van der Waals surface area contributed by atoms with Crippen LogP contribution in [0.15, 0.2) is 90.1 Å². The van der Waals surface area contributed by atoms with E-state index in [1.807, 2.05) is 32.0 Å². The molecule has 8 nitrogen and oxygen atoms in total. The molecule has 3 N–H and O–H groups in total. The average molecular weight is 529 g/mol. The fourth-order valence-corrected chi connectivity index (χ4v) is 5.33. The average Bonchev–Trinajstić information content (AvgIpc) is 2.90. The van der Waals surface area contributed by atoms with E-state index in [9.17, 15) is 18.0 Å². The summed E-state index contributed by atoms with van der Waals surface area (Å²) < 4.78 is 29.1. The second-order valence-corrected chi connectivity index (χ2v) is 10.6. The van der Waals surface area contributed by atoms with E-state index in [4.69, 9.17) is 0 Å². The second kappa shape index (κ2) is 11.3. The first-order chi connectivity index (χ1) is 18.1. The molecule has 0 aliphatic heterocycles. The highest BCUT2D eigenvalue weighted by Crippen LogP contribution is 2.24. The molecule has 3 aromatic carbocycles. The van der Waals surface area contributed by atoms with Crippen LogP contribution in [-0.4, -0.2) is 25.2 Å². The van der Waals surface area contributed by atoms with E-state index in [1.165, 1.54) is 6.07 Å². The van der Waals surface area contributed by atoms with E-state index in [0.717, 1.165) is 16.7 Å². The van der Waals surface area contributed by atoms with E-state index in [1.54, 1.807) is 67.8 Å². The molecule has 0 spiro atoms. The molecule has 38 heavy (non-hydrogen) atoms. The van der Waals surface area contributed by atoms with E-state index in [-0.39, 0.29) is 28.5 Å². The van der Waals surface area contributed by atoms with Gasteiger partial charge in [-0.2, -0.15) is 0 Å². The third-order valence-corrected chi connectivity index (χ3v) is 7.47. The number of hydrogen-bond donors (Lipinski definition) is 3. The number of nitrogens with one attached hydrogen (secondary N) is 3. The molecule has 0 unspecified atom stereocenters. The van der Waals surface area contributed by atoms with Gasteiger partial charge in [0, 0.05) is 24.5 Å². The van der Waals surface area contributed by atoms with Crippen molar-refractivity contribution in [1.82, 2.24) is 10.3 Å². The van der Waals surface area contributed by atoms with Gasteiger partial charge in [-0.15, -0.1) is 0 Å². The maximum absolute atomic E-state index is 13.2. The summed E-state index contributed by atoms with van der Waals surface area (Å²) in [6.07, 6.45) is 3.31. The maximum atomic E-state index is 13.2. The van der Waals surface area contributed by atoms with Crippen molar-refractivity contribution < 1.29 is 18.0 Å². The number of aryl methyl sites for hydroxylation is 3. The summed E-state index contributed by atoms with van der Waals surface area (Å²) in [6, 6.07) is 20.1. The smallest absolute Gasteiger partial charge is 0.262 e. The van der Waals surface area contributed by atoms with Crippen LogP contribution in [-0.2, 0) is 16.6 Å². The SMILES string of the molecule is Cc1ccc(NS(=O)(=O)c2cc(C(=O)Nc3ccccc3C(=O)NCc3cccnc3)ccc2C)c(C)c1. The lowest BCUT2D eigenvalue weighted by Crippen LogP contribution is -2.25. The molecule has 0 fully saturated rings. The number of hydrogen-bond acceptors (Lipinski definition) is 5. The summed E-state index contributed by atoms with van der Waals surface area (Å²) in [4.78, 5) is 30.0. The topological polar surface area (TPSA) is 117 Å². The Morgan fingerprint density at radius 2 is 1.61 bits per heavy atom. The fourth-order valence-electron chi connectivity index (χ4n) is 3.92. The van der Waals surface area contributed by atoms with Crippen LogP contribution < -0.4 is 15.4 Å². The van der Waals surface area contributed by atoms with E-state index in [2.05, 4.69) is 20.3 Å². The standard InChI is InChI=1S/C29H28N4O4S/c1-19-10-13-25(21(3)15-19)33-38(36,37)27-16-23(12-11-20(27)2)28(34)32-26-9-5-4-8-24(26)29(35)31-18-22-7-6-14-30-17-22/h4-17,33H,18H2,1-3H3,(H,31,35)(H,32,34). The van der Waals surface area contributed by atoms with Crippen molar-refractivity contribution in [3.63, 3.8) is 0 Å². The summed E-state index contributed by atoms with van der Waals surface area (Å²) in [6.45, 7) is 5.70. The molecule has 0 saturated heterocycles. The molecular weight excluding hydrogens is 500 g/mol. The van der Waals surface area contributed by atoms with Crippen LogP contribution in [0.1, 0.15) is 43.0 Å². The van der Waals surface area contributed by atoms with Gasteiger partial charge >= 0.3 is 0 Å². The van der Waals surface area contributed by atoms with Gasteiger partial charge in [-0.1, -0.05) is 42.0 Å². The van der Waals surface area contributed by atoms with Crippen molar-refractivity contribution in [2.75, 3.05) is 10.0 Å². The molecule has 2 amide bonds. The predicted octanol–water partition coefficient (Wildman–Crippen LogP) is 4.99. The normalized spacial score (nSPS) is 11.0. The van der Waals surface area contributed by atoms with Crippen molar-refractivity contribution in [1.29, 1.82) is 0 Å². The van der Waals surface area contributed by atoms with Crippen LogP contribution in [0.5, 0.6) is 0 Å². The van der Waals surface area contributed by atoms with Crippen molar-refractivity contribution in [2.45, 2.75) is 32.2 Å². The molecule has 1 heterocycles. The van der Waals surface area contributed by atoms with Crippen molar-refractivity contribution in [2.24, 2.45) is 0 Å². The zero-order valence-corrected chi connectivity index (χ0v) is 22.1. The van der Waals surface area contributed by atoms with Crippen LogP contribution in [0.2, 0.25) is 0 Å². The molecule has 0 saturated carbocycles. The van der Waals surface area contributed by atoms with Gasteiger partial charge in [-0.05, 0) is 73.9 Å². The molecule has 194 valence electrons. The molecule has 0 atom stereocenters. The Labute approximate surface area is 222 Å². The molecule has 4 rings (SSSR count). The third kappa shape index (κ3) is 6.24. The number of nitrogens with zero attached hydrogens (tertiary/aromatic N) is 1. The molecule has 1 aromatic heterocycles. The Balaban J connectivity index is 1.54. The van der Waals surface area contributed by atoms with Crippen molar-refractivity contribution in [3.8, 4) is 0 Å². The van der Waals surface area contributed by atoms with Crippen molar-refractivity contribution >= 4 is 33.2 Å². The van der Waals surface area contributed by atoms with E-state index in [0.29, 0.717) is 16.9 Å². The number of benzene rings is 3. The van der Waals surface area contributed by atoms with Gasteiger partial charge in [-0.3, -0.25) is 19.3 Å². The number of pyridine rings is 1. The van der Waals surface area contributed by atoms with Crippen LogP contribution >= 0.6 is 0 Å². The summed E-state index contributed by atoms with van der Waals surface area (Å²) >= 11 is 0. The summed E-state index contributed by atoms with van der Waals surface area (Å²) in [5.74, 6) is -0.907. The summed E-state index contributed by atoms with van der Waals surface area (Å²) in [5, 5.41) is 5.56. The van der Waals surface area contributed by atoms with Gasteiger partial charge in [0.15, 0.2) is 0 Å².